The lowest BCUT2D eigenvalue weighted by atomic mass is 9.93. The van der Waals surface area contributed by atoms with Crippen molar-refractivity contribution < 1.29 is 0 Å². The van der Waals surface area contributed by atoms with Gasteiger partial charge in [0.25, 0.3) is 0 Å². The lowest BCUT2D eigenvalue weighted by Crippen LogP contribution is -1.93. The van der Waals surface area contributed by atoms with Crippen LogP contribution in [0.4, 0.5) is 0 Å². The molecule has 1 N–H and O–H groups in total. The monoisotopic (exact) mass is 419 g/mol. The van der Waals surface area contributed by atoms with Gasteiger partial charge in [-0.2, -0.15) is 15.4 Å². The van der Waals surface area contributed by atoms with Crippen LogP contribution in [0, 0.1) is 6.92 Å². The Morgan fingerprint density at radius 3 is 2.00 bits per heavy atom. The van der Waals surface area contributed by atoms with Gasteiger partial charge in [0.1, 0.15) is 11.0 Å². The molecule has 31 heavy (non-hydrogen) atoms. The van der Waals surface area contributed by atoms with Crippen LogP contribution >= 0.6 is 0 Å². The summed E-state index contributed by atoms with van der Waals surface area (Å²) in [5.74, 6) is 0. The normalized spacial score (nSPS) is 11.4. The van der Waals surface area contributed by atoms with Crippen molar-refractivity contribution in [3.8, 4) is 11.1 Å². The molecule has 0 aliphatic rings. The number of unbranched alkanes of at least 4 members (excludes halogenated alkanes) is 12. The van der Waals surface area contributed by atoms with Crippen molar-refractivity contribution in [1.82, 2.24) is 15.4 Å². The van der Waals surface area contributed by atoms with E-state index in [1.807, 2.05) is 6.07 Å². The molecule has 0 aliphatic carbocycles. The van der Waals surface area contributed by atoms with Gasteiger partial charge < -0.3 is 0 Å². The summed E-state index contributed by atoms with van der Waals surface area (Å²) in [6.07, 6.45) is 19.3. The first kappa shape index (κ1) is 23.5. The summed E-state index contributed by atoms with van der Waals surface area (Å²) < 4.78 is 0. The molecule has 3 nitrogen and oxygen atoms in total. The van der Waals surface area contributed by atoms with E-state index in [0.717, 1.165) is 17.5 Å². The molecule has 0 unspecified atom stereocenters. The fraction of sp³-hybridized carbons (Fsp3) is 0.571. The highest BCUT2D eigenvalue weighted by atomic mass is 15.3. The molecule has 168 valence electrons. The number of nitrogens with one attached hydrogen (secondary N) is 1. The molecule has 0 atom stereocenters. The van der Waals surface area contributed by atoms with Crippen LogP contribution in [0.3, 0.4) is 0 Å². The number of H-pyrrole nitrogens is 1. The number of hydrogen-bond donors (Lipinski definition) is 1. The molecule has 1 heterocycles. The molecule has 0 amide bonds. The zero-order valence-corrected chi connectivity index (χ0v) is 19.8. The van der Waals surface area contributed by atoms with Gasteiger partial charge in [0.05, 0.1) is 0 Å². The minimum Gasteiger partial charge on any atom is -0.197 e. The summed E-state index contributed by atoms with van der Waals surface area (Å²) in [4.78, 5) is 0. The Labute approximate surface area is 189 Å². The van der Waals surface area contributed by atoms with Crippen LogP contribution in [0.15, 0.2) is 36.4 Å². The van der Waals surface area contributed by atoms with Gasteiger partial charge in [0, 0.05) is 5.56 Å². The number of aromatic amines is 1. The van der Waals surface area contributed by atoms with Crippen LogP contribution in [0.25, 0.3) is 22.2 Å². The second-order valence-electron chi connectivity index (χ2n) is 9.15. The van der Waals surface area contributed by atoms with Gasteiger partial charge in [-0.05, 0) is 37.0 Å². The van der Waals surface area contributed by atoms with Crippen molar-refractivity contribution in [2.45, 2.75) is 104 Å². The molecule has 0 bridgehead atoms. The maximum absolute atomic E-state index is 4.40. The third-order valence-electron chi connectivity index (χ3n) is 6.45. The highest BCUT2D eigenvalue weighted by molar-refractivity contribution is 5.92. The van der Waals surface area contributed by atoms with Crippen molar-refractivity contribution in [3.63, 3.8) is 0 Å². The first-order chi connectivity index (χ1) is 15.3. The Balaban J connectivity index is 1.38. The summed E-state index contributed by atoms with van der Waals surface area (Å²) in [6, 6.07) is 13.1. The molecule has 1 aromatic heterocycles. The van der Waals surface area contributed by atoms with Crippen LogP contribution in [-0.2, 0) is 6.42 Å². The number of fused-ring (bicyclic) bond motifs is 1. The highest BCUT2D eigenvalue weighted by Crippen LogP contribution is 2.31. The van der Waals surface area contributed by atoms with Gasteiger partial charge >= 0.3 is 0 Å². The summed E-state index contributed by atoms with van der Waals surface area (Å²) in [5, 5.41) is 11.4. The Hall–Kier alpha value is -2.16. The topological polar surface area (TPSA) is 41.6 Å². The van der Waals surface area contributed by atoms with E-state index in [1.165, 1.54) is 106 Å². The minimum absolute atomic E-state index is 0.936. The molecule has 3 aromatic rings. The summed E-state index contributed by atoms with van der Waals surface area (Å²) in [7, 11) is 0. The molecular weight excluding hydrogens is 378 g/mol. The molecule has 3 rings (SSSR count). The summed E-state index contributed by atoms with van der Waals surface area (Å²) in [6.45, 7) is 4.46. The maximum Gasteiger partial charge on any atom is 0.120 e. The van der Waals surface area contributed by atoms with E-state index in [1.54, 1.807) is 0 Å². The Kier molecular flexibility index (Phi) is 10.1. The first-order valence-electron chi connectivity index (χ1n) is 12.7. The zero-order valence-electron chi connectivity index (χ0n) is 19.8. The van der Waals surface area contributed by atoms with E-state index < -0.39 is 0 Å². The zero-order chi connectivity index (χ0) is 21.7. The Bertz CT molecular complexity index is 896. The SMILES string of the molecule is CCCCCCCCCCCCCCCc1ccc(C)cc1-c1cccc2n[nH]nc12. The lowest BCUT2D eigenvalue weighted by Gasteiger charge is -2.12. The predicted octanol–water partition coefficient (Wildman–Crippen LogP) is 8.57. The van der Waals surface area contributed by atoms with E-state index in [0.29, 0.717) is 0 Å². The number of aromatic nitrogens is 3. The summed E-state index contributed by atoms with van der Waals surface area (Å²) >= 11 is 0. The van der Waals surface area contributed by atoms with E-state index >= 15 is 0 Å². The third-order valence-corrected chi connectivity index (χ3v) is 6.45. The predicted molar refractivity (Wildman–Crippen MR) is 133 cm³/mol. The second kappa shape index (κ2) is 13.3. The molecule has 0 fully saturated rings. The molecule has 0 spiro atoms. The van der Waals surface area contributed by atoms with Crippen LogP contribution in [0.5, 0.6) is 0 Å². The van der Waals surface area contributed by atoms with E-state index in [4.69, 9.17) is 0 Å². The van der Waals surface area contributed by atoms with E-state index in [-0.39, 0.29) is 0 Å². The minimum atomic E-state index is 0.936. The average Bonchev–Trinajstić information content (AvgIpc) is 3.27. The Morgan fingerprint density at radius 2 is 1.32 bits per heavy atom. The average molecular weight is 420 g/mol. The van der Waals surface area contributed by atoms with Gasteiger partial charge in [0.15, 0.2) is 0 Å². The molecule has 0 radical (unpaired) electrons. The summed E-state index contributed by atoms with van der Waals surface area (Å²) in [5.41, 5.74) is 7.15. The molecule has 3 heteroatoms. The second-order valence-corrected chi connectivity index (χ2v) is 9.15. The maximum atomic E-state index is 4.40. The lowest BCUT2D eigenvalue weighted by molar-refractivity contribution is 0.539. The number of hydrogen-bond acceptors (Lipinski definition) is 2. The molecule has 0 saturated heterocycles. The van der Waals surface area contributed by atoms with Gasteiger partial charge in [-0.15, -0.1) is 0 Å². The standard InChI is InChI=1S/C28H41N3/c1-3-4-5-6-7-8-9-10-11-12-13-14-15-17-24-21-20-23(2)22-26(24)25-18-16-19-27-28(25)30-31-29-27/h16,18-22H,3-15,17H2,1-2H3,(H,29,30,31). The van der Waals surface area contributed by atoms with Crippen LogP contribution in [0.1, 0.15) is 102 Å². The van der Waals surface area contributed by atoms with Crippen molar-refractivity contribution >= 4 is 11.0 Å². The van der Waals surface area contributed by atoms with Crippen LogP contribution in [-0.4, -0.2) is 15.4 Å². The van der Waals surface area contributed by atoms with Crippen molar-refractivity contribution in [1.29, 1.82) is 0 Å². The Morgan fingerprint density at radius 1 is 0.677 bits per heavy atom. The number of para-hydroxylation sites is 1. The number of aryl methyl sites for hydroxylation is 2. The number of benzene rings is 2. The van der Waals surface area contributed by atoms with Gasteiger partial charge in [-0.1, -0.05) is 120 Å². The number of nitrogens with zero attached hydrogens (tertiary/aromatic N) is 2. The molecule has 0 saturated carbocycles. The van der Waals surface area contributed by atoms with E-state index in [9.17, 15) is 0 Å². The van der Waals surface area contributed by atoms with Crippen molar-refractivity contribution in [3.05, 3.63) is 47.5 Å². The van der Waals surface area contributed by atoms with Gasteiger partial charge in [-0.25, -0.2) is 0 Å². The largest absolute Gasteiger partial charge is 0.197 e. The molecule has 2 aromatic carbocycles. The van der Waals surface area contributed by atoms with E-state index in [2.05, 4.69) is 59.6 Å². The molecule has 0 aliphatic heterocycles. The van der Waals surface area contributed by atoms with Crippen LogP contribution in [0.2, 0.25) is 0 Å². The highest BCUT2D eigenvalue weighted by Gasteiger charge is 2.11. The fourth-order valence-corrected chi connectivity index (χ4v) is 4.58. The van der Waals surface area contributed by atoms with Gasteiger partial charge in [-0.3, -0.25) is 0 Å². The van der Waals surface area contributed by atoms with Crippen molar-refractivity contribution in [2.75, 3.05) is 0 Å². The molecular formula is C28H41N3. The van der Waals surface area contributed by atoms with Crippen molar-refractivity contribution in [2.24, 2.45) is 0 Å². The fourth-order valence-electron chi connectivity index (χ4n) is 4.58. The first-order valence-corrected chi connectivity index (χ1v) is 12.7. The van der Waals surface area contributed by atoms with Gasteiger partial charge in [0.2, 0.25) is 0 Å². The smallest absolute Gasteiger partial charge is 0.120 e. The third kappa shape index (κ3) is 7.48. The van der Waals surface area contributed by atoms with Crippen LogP contribution < -0.4 is 0 Å². The quantitative estimate of drug-likeness (QED) is 0.251. The number of rotatable bonds is 15.